The van der Waals surface area contributed by atoms with Gasteiger partial charge >= 0.3 is 0 Å². The summed E-state index contributed by atoms with van der Waals surface area (Å²) < 4.78 is 0. The first kappa shape index (κ1) is 15.0. The molecule has 1 saturated heterocycles. The second kappa shape index (κ2) is 7.39. The Kier molecular flexibility index (Phi) is 5.28. The van der Waals surface area contributed by atoms with Crippen LogP contribution in [0.15, 0.2) is 30.3 Å². The molecule has 3 nitrogen and oxygen atoms in total. The fourth-order valence-corrected chi connectivity index (χ4v) is 3.82. The Morgan fingerprint density at radius 1 is 0.905 bits per heavy atom. The molecule has 1 heterocycles. The molecule has 0 amide bonds. The molecule has 0 atom stereocenters. The van der Waals surface area contributed by atoms with Crippen molar-refractivity contribution in [2.45, 2.75) is 50.7 Å². The number of nitrogens with zero attached hydrogens (tertiary/aromatic N) is 2. The molecule has 1 aromatic rings. The zero-order valence-electron chi connectivity index (χ0n) is 13.1. The van der Waals surface area contributed by atoms with Gasteiger partial charge in [0.05, 0.1) is 0 Å². The summed E-state index contributed by atoms with van der Waals surface area (Å²) in [4.78, 5) is 5.35. The molecule has 0 bridgehead atoms. The molecule has 0 radical (unpaired) electrons. The lowest BCUT2D eigenvalue weighted by atomic mass is 9.90. The average molecular weight is 287 g/mol. The van der Waals surface area contributed by atoms with Gasteiger partial charge in [-0.25, -0.2) is 0 Å². The Bertz CT molecular complexity index is 412. The zero-order valence-corrected chi connectivity index (χ0v) is 13.1. The molecule has 0 spiro atoms. The summed E-state index contributed by atoms with van der Waals surface area (Å²) in [5.74, 6) is 0. The molecule has 21 heavy (non-hydrogen) atoms. The van der Waals surface area contributed by atoms with Gasteiger partial charge in [0.15, 0.2) is 0 Å². The molecule has 1 aliphatic carbocycles. The summed E-state index contributed by atoms with van der Waals surface area (Å²) in [5, 5.41) is 0. The van der Waals surface area contributed by atoms with Crippen LogP contribution in [-0.4, -0.2) is 48.1 Å². The van der Waals surface area contributed by atoms with E-state index in [0.29, 0.717) is 6.04 Å². The molecule has 3 rings (SSSR count). The Morgan fingerprint density at radius 2 is 1.67 bits per heavy atom. The van der Waals surface area contributed by atoms with Crippen LogP contribution in [0.25, 0.3) is 0 Å². The lowest BCUT2D eigenvalue weighted by molar-refractivity contribution is 0.152. The van der Waals surface area contributed by atoms with E-state index in [0.717, 1.165) is 12.6 Å². The largest absolute Gasteiger partial charge is 0.328 e. The van der Waals surface area contributed by atoms with Crippen molar-refractivity contribution in [2.75, 3.05) is 26.2 Å². The summed E-state index contributed by atoms with van der Waals surface area (Å²) >= 11 is 0. The van der Waals surface area contributed by atoms with E-state index in [4.69, 9.17) is 5.73 Å². The van der Waals surface area contributed by atoms with Crippen molar-refractivity contribution < 1.29 is 0 Å². The Labute approximate surface area is 129 Å². The maximum atomic E-state index is 6.04. The van der Waals surface area contributed by atoms with Crippen molar-refractivity contribution in [1.29, 1.82) is 0 Å². The van der Waals surface area contributed by atoms with Crippen LogP contribution in [0.4, 0.5) is 0 Å². The molecule has 116 valence electrons. The lowest BCUT2D eigenvalue weighted by Gasteiger charge is -2.35. The quantitative estimate of drug-likeness (QED) is 0.927. The van der Waals surface area contributed by atoms with Gasteiger partial charge in [-0.3, -0.25) is 9.80 Å². The van der Waals surface area contributed by atoms with Crippen molar-refractivity contribution in [1.82, 2.24) is 9.80 Å². The number of hydrogen-bond acceptors (Lipinski definition) is 3. The fraction of sp³-hybridized carbons (Fsp3) is 0.667. The summed E-state index contributed by atoms with van der Waals surface area (Å²) in [6.07, 6.45) is 6.35. The van der Waals surface area contributed by atoms with Crippen molar-refractivity contribution in [2.24, 2.45) is 5.73 Å². The summed E-state index contributed by atoms with van der Waals surface area (Å²) in [5.41, 5.74) is 7.48. The van der Waals surface area contributed by atoms with Crippen LogP contribution in [0.1, 0.15) is 37.7 Å². The van der Waals surface area contributed by atoms with Crippen LogP contribution in [0.3, 0.4) is 0 Å². The Morgan fingerprint density at radius 3 is 2.43 bits per heavy atom. The second-order valence-corrected chi connectivity index (χ2v) is 6.72. The van der Waals surface area contributed by atoms with E-state index in [1.807, 2.05) is 0 Å². The van der Waals surface area contributed by atoms with Crippen LogP contribution in [0.2, 0.25) is 0 Å². The number of nitrogens with two attached hydrogens (primary N) is 1. The van der Waals surface area contributed by atoms with Gasteiger partial charge in [0.1, 0.15) is 0 Å². The maximum Gasteiger partial charge on any atom is 0.0234 e. The summed E-state index contributed by atoms with van der Waals surface area (Å²) in [6.45, 7) is 6.04. The monoisotopic (exact) mass is 287 g/mol. The van der Waals surface area contributed by atoms with Gasteiger partial charge in [-0.2, -0.15) is 0 Å². The second-order valence-electron chi connectivity index (χ2n) is 6.72. The highest BCUT2D eigenvalue weighted by Gasteiger charge is 2.25. The van der Waals surface area contributed by atoms with Crippen molar-refractivity contribution in [3.05, 3.63) is 35.9 Å². The highest BCUT2D eigenvalue weighted by atomic mass is 15.2. The molecule has 0 unspecified atom stereocenters. The predicted octanol–water partition coefficient (Wildman–Crippen LogP) is 2.46. The first-order valence-electron chi connectivity index (χ1n) is 8.57. The van der Waals surface area contributed by atoms with Crippen LogP contribution >= 0.6 is 0 Å². The molecule has 1 saturated carbocycles. The van der Waals surface area contributed by atoms with Gasteiger partial charge < -0.3 is 5.73 Å². The fourth-order valence-electron chi connectivity index (χ4n) is 3.82. The minimum absolute atomic E-state index is 0.461. The minimum Gasteiger partial charge on any atom is -0.328 e. The van der Waals surface area contributed by atoms with E-state index in [1.54, 1.807) is 0 Å². The maximum absolute atomic E-state index is 6.04. The summed E-state index contributed by atoms with van der Waals surface area (Å²) in [6, 6.07) is 12.1. The molecular weight excluding hydrogens is 258 g/mol. The van der Waals surface area contributed by atoms with Gasteiger partial charge in [0, 0.05) is 31.7 Å². The van der Waals surface area contributed by atoms with Gasteiger partial charge in [-0.05, 0) is 50.8 Å². The van der Waals surface area contributed by atoms with E-state index >= 15 is 0 Å². The molecular formula is C18H29N3. The molecule has 0 aromatic heterocycles. The molecule has 1 aromatic carbocycles. The highest BCUT2D eigenvalue weighted by Crippen LogP contribution is 2.23. The van der Waals surface area contributed by atoms with Gasteiger partial charge in [0.2, 0.25) is 0 Å². The topological polar surface area (TPSA) is 32.5 Å². The van der Waals surface area contributed by atoms with Gasteiger partial charge in [-0.15, -0.1) is 0 Å². The van der Waals surface area contributed by atoms with E-state index in [9.17, 15) is 0 Å². The lowest BCUT2D eigenvalue weighted by Crippen LogP contribution is -2.42. The third-order valence-corrected chi connectivity index (χ3v) is 5.13. The number of benzene rings is 1. The molecule has 2 fully saturated rings. The van der Waals surface area contributed by atoms with Crippen LogP contribution in [0.5, 0.6) is 0 Å². The Hall–Kier alpha value is -0.900. The summed E-state index contributed by atoms with van der Waals surface area (Å²) in [7, 11) is 0. The van der Waals surface area contributed by atoms with E-state index in [2.05, 4.69) is 40.1 Å². The smallest absolute Gasteiger partial charge is 0.0234 e. The number of hydrogen-bond donors (Lipinski definition) is 1. The first-order valence-corrected chi connectivity index (χ1v) is 8.57. The normalized spacial score (nSPS) is 29.2. The SMILES string of the molecule is NC1CCC(N2CCCN(Cc3ccccc3)CC2)CC1. The first-order chi connectivity index (χ1) is 10.3. The van der Waals surface area contributed by atoms with Crippen LogP contribution in [0, 0.1) is 0 Å². The van der Waals surface area contributed by atoms with Crippen LogP contribution < -0.4 is 5.73 Å². The van der Waals surface area contributed by atoms with E-state index < -0.39 is 0 Å². The van der Waals surface area contributed by atoms with E-state index in [-0.39, 0.29) is 0 Å². The van der Waals surface area contributed by atoms with Crippen LogP contribution in [-0.2, 0) is 6.54 Å². The molecule has 2 N–H and O–H groups in total. The van der Waals surface area contributed by atoms with Crippen molar-refractivity contribution >= 4 is 0 Å². The minimum atomic E-state index is 0.461. The van der Waals surface area contributed by atoms with Crippen molar-refractivity contribution in [3.8, 4) is 0 Å². The standard InChI is InChI=1S/C18H29N3/c19-17-7-9-18(10-8-17)21-12-4-11-20(13-14-21)15-16-5-2-1-3-6-16/h1-3,5-6,17-18H,4,7-15,19H2. The molecule has 1 aliphatic heterocycles. The predicted molar refractivity (Wildman–Crippen MR) is 88.1 cm³/mol. The third kappa shape index (κ3) is 4.29. The average Bonchev–Trinajstić information content (AvgIpc) is 2.75. The zero-order chi connectivity index (χ0) is 14.5. The third-order valence-electron chi connectivity index (χ3n) is 5.13. The van der Waals surface area contributed by atoms with Gasteiger partial charge in [-0.1, -0.05) is 30.3 Å². The van der Waals surface area contributed by atoms with E-state index in [1.165, 1.54) is 63.8 Å². The number of rotatable bonds is 3. The van der Waals surface area contributed by atoms with Crippen molar-refractivity contribution in [3.63, 3.8) is 0 Å². The Balaban J connectivity index is 1.50. The highest BCUT2D eigenvalue weighted by molar-refractivity contribution is 5.14. The molecule has 2 aliphatic rings. The molecule has 3 heteroatoms. The van der Waals surface area contributed by atoms with Gasteiger partial charge in [0.25, 0.3) is 0 Å².